The average molecular weight is 317 g/mol. The van der Waals surface area contributed by atoms with E-state index in [9.17, 15) is 9.18 Å². The SMILES string of the molecule is COc1ccc(NC(C(=O)OC(C)C)c2ccc(F)cc2)cc1. The van der Waals surface area contributed by atoms with E-state index >= 15 is 0 Å². The average Bonchev–Trinajstić information content (AvgIpc) is 2.53. The van der Waals surface area contributed by atoms with Gasteiger partial charge in [0.2, 0.25) is 0 Å². The fraction of sp³-hybridized carbons (Fsp3) is 0.278. The van der Waals surface area contributed by atoms with Crippen LogP contribution in [0.4, 0.5) is 10.1 Å². The Morgan fingerprint density at radius 1 is 1.04 bits per heavy atom. The van der Waals surface area contributed by atoms with Crippen molar-refractivity contribution >= 4 is 11.7 Å². The first-order chi connectivity index (χ1) is 11.0. The quantitative estimate of drug-likeness (QED) is 0.820. The first kappa shape index (κ1) is 16.8. The summed E-state index contributed by atoms with van der Waals surface area (Å²) in [5.74, 6) is -0.0461. The summed E-state index contributed by atoms with van der Waals surface area (Å²) in [5.41, 5.74) is 1.37. The van der Waals surface area contributed by atoms with Crippen molar-refractivity contribution in [1.82, 2.24) is 0 Å². The van der Waals surface area contributed by atoms with Crippen molar-refractivity contribution in [3.63, 3.8) is 0 Å². The normalized spacial score (nSPS) is 11.9. The molecule has 0 saturated carbocycles. The zero-order valence-electron chi connectivity index (χ0n) is 13.4. The molecular weight excluding hydrogens is 297 g/mol. The summed E-state index contributed by atoms with van der Waals surface area (Å²) in [6.45, 7) is 3.57. The van der Waals surface area contributed by atoms with Gasteiger partial charge in [-0.25, -0.2) is 9.18 Å². The van der Waals surface area contributed by atoms with Gasteiger partial charge in [-0.3, -0.25) is 0 Å². The van der Waals surface area contributed by atoms with Crippen molar-refractivity contribution in [3.8, 4) is 5.75 Å². The third-order valence-electron chi connectivity index (χ3n) is 3.19. The molecule has 0 amide bonds. The number of nitrogens with one attached hydrogen (secondary N) is 1. The number of carbonyl (C=O) groups is 1. The second-order valence-electron chi connectivity index (χ2n) is 5.34. The van der Waals surface area contributed by atoms with Crippen LogP contribution in [-0.4, -0.2) is 19.2 Å². The molecule has 4 nitrogen and oxygen atoms in total. The molecule has 0 radical (unpaired) electrons. The number of ether oxygens (including phenoxy) is 2. The van der Waals surface area contributed by atoms with Gasteiger partial charge < -0.3 is 14.8 Å². The van der Waals surface area contributed by atoms with E-state index in [1.807, 2.05) is 0 Å². The number of esters is 1. The van der Waals surface area contributed by atoms with Crippen LogP contribution in [0.15, 0.2) is 48.5 Å². The lowest BCUT2D eigenvalue weighted by atomic mass is 10.1. The molecule has 5 heteroatoms. The van der Waals surface area contributed by atoms with Gasteiger partial charge in [0, 0.05) is 5.69 Å². The van der Waals surface area contributed by atoms with Gasteiger partial charge in [-0.05, 0) is 55.8 Å². The van der Waals surface area contributed by atoms with Crippen molar-refractivity contribution in [2.75, 3.05) is 12.4 Å². The summed E-state index contributed by atoms with van der Waals surface area (Å²) in [7, 11) is 1.59. The molecule has 0 fully saturated rings. The van der Waals surface area contributed by atoms with Crippen LogP contribution in [0, 0.1) is 5.82 Å². The molecule has 0 bridgehead atoms. The maximum absolute atomic E-state index is 13.1. The molecule has 0 aliphatic carbocycles. The van der Waals surface area contributed by atoms with Crippen LogP contribution >= 0.6 is 0 Å². The van der Waals surface area contributed by atoms with E-state index in [0.29, 0.717) is 5.56 Å². The van der Waals surface area contributed by atoms with Crippen LogP contribution in [0.3, 0.4) is 0 Å². The van der Waals surface area contributed by atoms with Gasteiger partial charge in [-0.15, -0.1) is 0 Å². The van der Waals surface area contributed by atoms with Crippen molar-refractivity contribution < 1.29 is 18.7 Å². The lowest BCUT2D eigenvalue weighted by Gasteiger charge is -2.20. The maximum atomic E-state index is 13.1. The fourth-order valence-corrected chi connectivity index (χ4v) is 2.09. The van der Waals surface area contributed by atoms with Crippen LogP contribution in [0.5, 0.6) is 5.75 Å². The second-order valence-corrected chi connectivity index (χ2v) is 5.34. The van der Waals surface area contributed by atoms with Gasteiger partial charge in [-0.2, -0.15) is 0 Å². The Kier molecular flexibility index (Phi) is 5.57. The summed E-state index contributed by atoms with van der Waals surface area (Å²) < 4.78 is 23.5. The Balaban J connectivity index is 2.24. The molecule has 1 N–H and O–H groups in total. The van der Waals surface area contributed by atoms with Crippen molar-refractivity contribution in [2.24, 2.45) is 0 Å². The summed E-state index contributed by atoms with van der Waals surface area (Å²) in [5, 5.41) is 3.12. The Labute approximate surface area is 135 Å². The minimum Gasteiger partial charge on any atom is -0.497 e. The Hall–Kier alpha value is -2.56. The van der Waals surface area contributed by atoms with Crippen LogP contribution < -0.4 is 10.1 Å². The number of halogens is 1. The summed E-state index contributed by atoms with van der Waals surface area (Å²) in [6.07, 6.45) is -0.233. The molecule has 1 unspecified atom stereocenters. The number of hydrogen-bond acceptors (Lipinski definition) is 4. The predicted octanol–water partition coefficient (Wildman–Crippen LogP) is 3.94. The van der Waals surface area contributed by atoms with Gasteiger partial charge in [0.05, 0.1) is 13.2 Å². The molecule has 23 heavy (non-hydrogen) atoms. The lowest BCUT2D eigenvalue weighted by molar-refractivity contribution is -0.148. The number of anilines is 1. The van der Waals surface area contributed by atoms with Crippen LogP contribution in [0.25, 0.3) is 0 Å². The molecule has 0 aliphatic heterocycles. The highest BCUT2D eigenvalue weighted by molar-refractivity contribution is 5.81. The van der Waals surface area contributed by atoms with Gasteiger partial charge in [0.15, 0.2) is 6.04 Å². The highest BCUT2D eigenvalue weighted by atomic mass is 19.1. The molecule has 1 atom stereocenters. The maximum Gasteiger partial charge on any atom is 0.333 e. The Morgan fingerprint density at radius 3 is 2.17 bits per heavy atom. The van der Waals surface area contributed by atoms with E-state index in [2.05, 4.69) is 5.32 Å². The first-order valence-corrected chi connectivity index (χ1v) is 7.36. The fourth-order valence-electron chi connectivity index (χ4n) is 2.09. The smallest absolute Gasteiger partial charge is 0.333 e. The third-order valence-corrected chi connectivity index (χ3v) is 3.19. The molecule has 0 spiro atoms. The number of benzene rings is 2. The number of hydrogen-bond donors (Lipinski definition) is 1. The molecular formula is C18H20FNO3. The number of rotatable bonds is 6. The number of methoxy groups -OCH3 is 1. The predicted molar refractivity (Wildman–Crippen MR) is 87.0 cm³/mol. The van der Waals surface area contributed by atoms with Crippen LogP contribution in [-0.2, 0) is 9.53 Å². The van der Waals surface area contributed by atoms with Crippen LogP contribution in [0.2, 0.25) is 0 Å². The zero-order chi connectivity index (χ0) is 16.8. The second kappa shape index (κ2) is 7.63. The first-order valence-electron chi connectivity index (χ1n) is 7.36. The largest absolute Gasteiger partial charge is 0.497 e. The topological polar surface area (TPSA) is 47.6 Å². The van der Waals surface area contributed by atoms with Gasteiger partial charge in [0.25, 0.3) is 0 Å². The minimum absolute atomic E-state index is 0.233. The van der Waals surface area contributed by atoms with Gasteiger partial charge in [-0.1, -0.05) is 12.1 Å². The van der Waals surface area contributed by atoms with E-state index in [0.717, 1.165) is 11.4 Å². The zero-order valence-corrected chi connectivity index (χ0v) is 13.4. The molecule has 2 aromatic carbocycles. The van der Waals surface area contributed by atoms with Crippen molar-refractivity contribution in [3.05, 3.63) is 59.9 Å². The van der Waals surface area contributed by atoms with E-state index in [1.165, 1.54) is 12.1 Å². The van der Waals surface area contributed by atoms with E-state index in [-0.39, 0.29) is 11.9 Å². The monoisotopic (exact) mass is 317 g/mol. The molecule has 0 heterocycles. The standard InChI is InChI=1S/C18H20FNO3/c1-12(2)23-18(21)17(13-4-6-14(19)7-5-13)20-15-8-10-16(22-3)11-9-15/h4-12,17,20H,1-3H3. The highest BCUT2D eigenvalue weighted by Gasteiger charge is 2.23. The Morgan fingerprint density at radius 2 is 1.65 bits per heavy atom. The molecule has 0 aliphatic rings. The summed E-state index contributed by atoms with van der Waals surface area (Å²) >= 11 is 0. The molecule has 0 aromatic heterocycles. The molecule has 0 saturated heterocycles. The molecule has 122 valence electrons. The van der Waals surface area contributed by atoms with Gasteiger partial charge >= 0.3 is 5.97 Å². The molecule has 2 rings (SSSR count). The van der Waals surface area contributed by atoms with Crippen LogP contribution in [0.1, 0.15) is 25.5 Å². The highest BCUT2D eigenvalue weighted by Crippen LogP contribution is 2.23. The Bertz CT molecular complexity index is 638. The number of carbonyl (C=O) groups excluding carboxylic acids is 1. The summed E-state index contributed by atoms with van der Waals surface area (Å²) in [4.78, 5) is 12.4. The van der Waals surface area contributed by atoms with Crippen molar-refractivity contribution in [1.29, 1.82) is 0 Å². The van der Waals surface area contributed by atoms with E-state index in [4.69, 9.17) is 9.47 Å². The van der Waals surface area contributed by atoms with E-state index in [1.54, 1.807) is 57.4 Å². The van der Waals surface area contributed by atoms with Crippen molar-refractivity contribution in [2.45, 2.75) is 26.0 Å². The molecule has 2 aromatic rings. The van der Waals surface area contributed by atoms with Gasteiger partial charge in [0.1, 0.15) is 11.6 Å². The lowest BCUT2D eigenvalue weighted by Crippen LogP contribution is -2.25. The third kappa shape index (κ3) is 4.71. The summed E-state index contributed by atoms with van der Waals surface area (Å²) in [6, 6.07) is 12.2. The van der Waals surface area contributed by atoms with E-state index < -0.39 is 12.0 Å². The minimum atomic E-state index is -0.716.